The van der Waals surface area contributed by atoms with Gasteiger partial charge in [0.1, 0.15) is 17.3 Å². The maximum Gasteiger partial charge on any atom is 0.254 e. The lowest BCUT2D eigenvalue weighted by Crippen LogP contribution is -2.39. The zero-order chi connectivity index (χ0) is 20.4. The molecule has 6 heteroatoms. The first-order chi connectivity index (χ1) is 14.1. The molecule has 0 N–H and O–H groups in total. The highest BCUT2D eigenvalue weighted by Crippen LogP contribution is 2.27. The fourth-order valence-corrected chi connectivity index (χ4v) is 4.12. The second-order valence-corrected chi connectivity index (χ2v) is 7.60. The number of rotatable bonds is 5. The van der Waals surface area contributed by atoms with Crippen molar-refractivity contribution in [2.75, 3.05) is 27.3 Å². The van der Waals surface area contributed by atoms with Crippen molar-refractivity contribution in [2.45, 2.75) is 26.3 Å². The minimum Gasteiger partial charge on any atom is -0.497 e. The summed E-state index contributed by atoms with van der Waals surface area (Å²) >= 11 is 0. The molecular formula is C23H27N3O3. The molecule has 0 radical (unpaired) electrons. The van der Waals surface area contributed by atoms with Crippen LogP contribution >= 0.6 is 0 Å². The lowest BCUT2D eigenvalue weighted by atomic mass is 9.96. The molecule has 1 saturated heterocycles. The number of benzene rings is 2. The fraction of sp³-hybridized carbons (Fsp3) is 0.391. The van der Waals surface area contributed by atoms with Crippen molar-refractivity contribution >= 4 is 16.9 Å². The van der Waals surface area contributed by atoms with E-state index in [0.717, 1.165) is 43.8 Å². The number of likely N-dealkylation sites (tertiary alicyclic amines) is 1. The van der Waals surface area contributed by atoms with E-state index in [2.05, 4.69) is 34.7 Å². The molecule has 3 aromatic rings. The van der Waals surface area contributed by atoms with Gasteiger partial charge in [-0.1, -0.05) is 12.1 Å². The van der Waals surface area contributed by atoms with Gasteiger partial charge < -0.3 is 18.9 Å². The summed E-state index contributed by atoms with van der Waals surface area (Å²) in [6.45, 7) is 4.53. The first-order valence-electron chi connectivity index (χ1n) is 10.0. The van der Waals surface area contributed by atoms with E-state index in [-0.39, 0.29) is 5.91 Å². The number of ether oxygens (including phenoxy) is 2. The van der Waals surface area contributed by atoms with E-state index in [0.29, 0.717) is 23.0 Å². The molecule has 0 aliphatic carbocycles. The zero-order valence-corrected chi connectivity index (χ0v) is 17.2. The number of amides is 1. The third-order valence-corrected chi connectivity index (χ3v) is 5.79. The second kappa shape index (κ2) is 8.15. The Morgan fingerprint density at radius 2 is 1.72 bits per heavy atom. The maximum atomic E-state index is 13.0. The summed E-state index contributed by atoms with van der Waals surface area (Å²) in [6, 6.07) is 13.6. The summed E-state index contributed by atoms with van der Waals surface area (Å²) in [5.41, 5.74) is 2.84. The van der Waals surface area contributed by atoms with Gasteiger partial charge in [-0.3, -0.25) is 4.79 Å². The summed E-state index contributed by atoms with van der Waals surface area (Å²) in [6.07, 6.45) is 1.97. The first-order valence-corrected chi connectivity index (χ1v) is 10.0. The number of para-hydroxylation sites is 2. The highest BCUT2D eigenvalue weighted by molar-refractivity contribution is 5.95. The van der Waals surface area contributed by atoms with E-state index >= 15 is 0 Å². The van der Waals surface area contributed by atoms with Crippen LogP contribution in [-0.2, 0) is 6.54 Å². The Morgan fingerprint density at radius 1 is 1.07 bits per heavy atom. The van der Waals surface area contributed by atoms with Gasteiger partial charge in [-0.15, -0.1) is 0 Å². The normalized spacial score (nSPS) is 14.9. The predicted molar refractivity (Wildman–Crippen MR) is 113 cm³/mol. The Labute approximate surface area is 171 Å². The van der Waals surface area contributed by atoms with Crippen molar-refractivity contribution in [3.05, 3.63) is 53.9 Å². The van der Waals surface area contributed by atoms with Gasteiger partial charge >= 0.3 is 0 Å². The highest BCUT2D eigenvalue weighted by Gasteiger charge is 2.25. The zero-order valence-electron chi connectivity index (χ0n) is 17.2. The third kappa shape index (κ3) is 3.92. The number of fused-ring (bicyclic) bond motifs is 1. The number of hydrogen-bond donors (Lipinski definition) is 0. The topological polar surface area (TPSA) is 56.6 Å². The van der Waals surface area contributed by atoms with Crippen LogP contribution in [0.25, 0.3) is 11.0 Å². The molecule has 1 aliphatic heterocycles. The quantitative estimate of drug-likeness (QED) is 0.659. The average molecular weight is 393 g/mol. The van der Waals surface area contributed by atoms with Crippen molar-refractivity contribution in [1.82, 2.24) is 14.5 Å². The lowest BCUT2D eigenvalue weighted by Gasteiger charge is -2.32. The number of carbonyl (C=O) groups excluding carboxylic acids is 1. The van der Waals surface area contributed by atoms with E-state index in [1.165, 1.54) is 5.52 Å². The van der Waals surface area contributed by atoms with Crippen LogP contribution in [-0.4, -0.2) is 47.7 Å². The van der Waals surface area contributed by atoms with Crippen LogP contribution in [0.4, 0.5) is 0 Å². The van der Waals surface area contributed by atoms with E-state index in [1.807, 2.05) is 11.0 Å². The average Bonchev–Trinajstić information content (AvgIpc) is 3.08. The monoisotopic (exact) mass is 393 g/mol. The van der Waals surface area contributed by atoms with Crippen LogP contribution in [0.15, 0.2) is 42.5 Å². The Hall–Kier alpha value is -3.02. The third-order valence-electron chi connectivity index (χ3n) is 5.79. The van der Waals surface area contributed by atoms with Crippen molar-refractivity contribution in [3.8, 4) is 11.5 Å². The molecule has 1 aromatic heterocycles. The predicted octanol–water partition coefficient (Wildman–Crippen LogP) is 3.91. The van der Waals surface area contributed by atoms with Gasteiger partial charge in [-0.25, -0.2) is 4.98 Å². The minimum atomic E-state index is 0.0323. The molecule has 1 aliphatic rings. The number of carbonyl (C=O) groups is 1. The molecule has 2 heterocycles. The van der Waals surface area contributed by atoms with Crippen LogP contribution in [0.3, 0.4) is 0 Å². The molecule has 152 valence electrons. The van der Waals surface area contributed by atoms with Crippen LogP contribution in [0.1, 0.15) is 29.0 Å². The highest BCUT2D eigenvalue weighted by atomic mass is 16.5. The first kappa shape index (κ1) is 19.3. The smallest absolute Gasteiger partial charge is 0.254 e. The molecule has 0 bridgehead atoms. The number of piperidine rings is 1. The largest absolute Gasteiger partial charge is 0.497 e. The van der Waals surface area contributed by atoms with Gasteiger partial charge in [0.15, 0.2) is 0 Å². The Kier molecular flexibility index (Phi) is 5.43. The molecule has 6 nitrogen and oxygen atoms in total. The number of hydrogen-bond acceptors (Lipinski definition) is 4. The van der Waals surface area contributed by atoms with Crippen LogP contribution < -0.4 is 9.47 Å². The van der Waals surface area contributed by atoms with E-state index in [4.69, 9.17) is 9.47 Å². The summed E-state index contributed by atoms with van der Waals surface area (Å²) in [5.74, 6) is 2.88. The van der Waals surface area contributed by atoms with Gasteiger partial charge in [0.2, 0.25) is 0 Å². The molecule has 1 amide bonds. The van der Waals surface area contributed by atoms with Gasteiger partial charge in [0.05, 0.1) is 25.3 Å². The van der Waals surface area contributed by atoms with Crippen molar-refractivity contribution in [2.24, 2.45) is 5.92 Å². The SMILES string of the molecule is COc1cc(OC)cc(C(=O)N2CCC(Cn3c(C)nc4ccccc43)CC2)c1. The summed E-state index contributed by atoms with van der Waals surface area (Å²) in [5, 5.41) is 0. The number of imidazole rings is 1. The minimum absolute atomic E-state index is 0.0323. The number of aromatic nitrogens is 2. The summed E-state index contributed by atoms with van der Waals surface area (Å²) < 4.78 is 12.9. The van der Waals surface area contributed by atoms with Crippen molar-refractivity contribution < 1.29 is 14.3 Å². The van der Waals surface area contributed by atoms with Gasteiger partial charge in [-0.2, -0.15) is 0 Å². The summed E-state index contributed by atoms with van der Waals surface area (Å²) in [7, 11) is 3.19. The maximum absolute atomic E-state index is 13.0. The van der Waals surface area contributed by atoms with Gasteiger partial charge in [0, 0.05) is 31.3 Å². The van der Waals surface area contributed by atoms with Gasteiger partial charge in [-0.05, 0) is 49.9 Å². The standard InChI is InChI=1S/C23H27N3O3/c1-16-24-21-6-4-5-7-22(21)26(16)15-17-8-10-25(11-9-17)23(27)18-12-19(28-2)14-20(13-18)29-3/h4-7,12-14,17H,8-11,15H2,1-3H3. The Morgan fingerprint density at radius 3 is 2.38 bits per heavy atom. The molecule has 0 atom stereocenters. The number of methoxy groups -OCH3 is 2. The fourth-order valence-electron chi connectivity index (χ4n) is 4.12. The molecule has 0 spiro atoms. The van der Waals surface area contributed by atoms with Crippen molar-refractivity contribution in [3.63, 3.8) is 0 Å². The molecule has 29 heavy (non-hydrogen) atoms. The molecular weight excluding hydrogens is 366 g/mol. The molecule has 0 unspecified atom stereocenters. The van der Waals surface area contributed by atoms with Gasteiger partial charge in [0.25, 0.3) is 5.91 Å². The number of nitrogens with zero attached hydrogens (tertiary/aromatic N) is 3. The molecule has 2 aromatic carbocycles. The molecule has 0 saturated carbocycles. The van der Waals surface area contributed by atoms with E-state index < -0.39 is 0 Å². The van der Waals surface area contributed by atoms with Crippen LogP contribution in [0.2, 0.25) is 0 Å². The van der Waals surface area contributed by atoms with E-state index in [1.54, 1.807) is 32.4 Å². The van der Waals surface area contributed by atoms with Crippen molar-refractivity contribution in [1.29, 1.82) is 0 Å². The van der Waals surface area contributed by atoms with Crippen LogP contribution in [0.5, 0.6) is 11.5 Å². The Bertz CT molecular complexity index is 997. The Balaban J connectivity index is 1.43. The van der Waals surface area contributed by atoms with E-state index in [9.17, 15) is 4.79 Å². The summed E-state index contributed by atoms with van der Waals surface area (Å²) in [4.78, 5) is 19.6. The lowest BCUT2D eigenvalue weighted by molar-refractivity contribution is 0.0682. The molecule has 4 rings (SSSR count). The van der Waals surface area contributed by atoms with Crippen LogP contribution in [0, 0.1) is 12.8 Å². The molecule has 1 fully saturated rings. The second-order valence-electron chi connectivity index (χ2n) is 7.60. The number of aryl methyl sites for hydroxylation is 1.